The molecule has 6 nitrogen and oxygen atoms in total. The largest absolute Gasteiger partial charge is 0.350 e. The van der Waals surface area contributed by atoms with Gasteiger partial charge in [0.05, 0.1) is 11.3 Å². The second-order valence-electron chi connectivity index (χ2n) is 8.24. The van der Waals surface area contributed by atoms with E-state index in [4.69, 9.17) is 0 Å². The Bertz CT molecular complexity index is 1290. The Morgan fingerprint density at radius 3 is 2.00 bits per heavy atom. The lowest BCUT2D eigenvalue weighted by molar-refractivity contribution is -0.120. The number of carbonyl (C=O) groups excluding carboxylic acids is 3. The Hall–Kier alpha value is -4.19. The van der Waals surface area contributed by atoms with Crippen LogP contribution in [0.15, 0.2) is 72.4 Å². The fraction of sp³-hybridized carbons (Fsp3) is 0.148. The molecule has 1 aliphatic rings. The van der Waals surface area contributed by atoms with Crippen molar-refractivity contribution in [3.8, 4) is 0 Å². The maximum absolute atomic E-state index is 13.6. The highest BCUT2D eigenvalue weighted by Crippen LogP contribution is 2.35. The normalized spacial score (nSPS) is 13.5. The number of nitrogens with one attached hydrogen (secondary N) is 2. The van der Waals surface area contributed by atoms with E-state index in [0.717, 1.165) is 16.7 Å². The molecule has 4 rings (SSSR count). The third-order valence-electron chi connectivity index (χ3n) is 5.50. The summed E-state index contributed by atoms with van der Waals surface area (Å²) in [6.45, 7) is 7.22. The number of rotatable bonds is 5. The van der Waals surface area contributed by atoms with Crippen molar-refractivity contribution in [3.05, 3.63) is 94.7 Å². The van der Waals surface area contributed by atoms with Crippen molar-refractivity contribution < 1.29 is 14.4 Å². The Balaban J connectivity index is 1.81. The standard InChI is InChI=1S/C27H25N3O3/c1-16-6-11-22(12-7-16)29-25-24(20-9-13-21(14-10-20)28-19(4)31)26(32)30(27(25)33)23-15-17(2)5-8-18(23)3/h5-15,29H,1-4H3,(H,28,31). The van der Waals surface area contributed by atoms with Crippen LogP contribution in [0.5, 0.6) is 0 Å². The highest BCUT2D eigenvalue weighted by Gasteiger charge is 2.40. The summed E-state index contributed by atoms with van der Waals surface area (Å²) in [5.74, 6) is -0.984. The molecule has 0 saturated carbocycles. The van der Waals surface area contributed by atoms with Gasteiger partial charge in [0.1, 0.15) is 5.70 Å². The van der Waals surface area contributed by atoms with Crippen LogP contribution >= 0.6 is 0 Å². The van der Waals surface area contributed by atoms with Crippen molar-refractivity contribution in [2.24, 2.45) is 0 Å². The summed E-state index contributed by atoms with van der Waals surface area (Å²) >= 11 is 0. The van der Waals surface area contributed by atoms with E-state index in [9.17, 15) is 14.4 Å². The number of nitrogens with zero attached hydrogens (tertiary/aromatic N) is 1. The zero-order chi connectivity index (χ0) is 23.7. The summed E-state index contributed by atoms with van der Waals surface area (Å²) < 4.78 is 0. The molecule has 0 aromatic heterocycles. The van der Waals surface area contributed by atoms with Gasteiger partial charge in [-0.15, -0.1) is 0 Å². The van der Waals surface area contributed by atoms with Crippen molar-refractivity contribution in [1.29, 1.82) is 0 Å². The quantitative estimate of drug-likeness (QED) is 0.551. The van der Waals surface area contributed by atoms with E-state index in [1.54, 1.807) is 24.3 Å². The van der Waals surface area contributed by atoms with Gasteiger partial charge < -0.3 is 10.6 Å². The average molecular weight is 440 g/mol. The zero-order valence-corrected chi connectivity index (χ0v) is 19.0. The minimum Gasteiger partial charge on any atom is -0.350 e. The van der Waals surface area contributed by atoms with E-state index < -0.39 is 11.8 Å². The minimum absolute atomic E-state index is 0.183. The van der Waals surface area contributed by atoms with Crippen molar-refractivity contribution in [3.63, 3.8) is 0 Å². The van der Waals surface area contributed by atoms with Gasteiger partial charge in [-0.05, 0) is 67.8 Å². The van der Waals surface area contributed by atoms with E-state index in [2.05, 4.69) is 10.6 Å². The lowest BCUT2D eigenvalue weighted by atomic mass is 10.0. The molecular formula is C27H25N3O3. The molecule has 0 radical (unpaired) electrons. The second kappa shape index (κ2) is 8.74. The molecule has 33 heavy (non-hydrogen) atoms. The van der Waals surface area contributed by atoms with Crippen LogP contribution in [0.2, 0.25) is 0 Å². The van der Waals surface area contributed by atoms with Gasteiger partial charge in [-0.2, -0.15) is 0 Å². The number of carbonyl (C=O) groups is 3. The van der Waals surface area contributed by atoms with Crippen molar-refractivity contribution >= 4 is 40.4 Å². The van der Waals surface area contributed by atoms with Crippen LogP contribution in [0.25, 0.3) is 5.57 Å². The lowest BCUT2D eigenvalue weighted by Crippen LogP contribution is -2.33. The Labute approximate surface area is 192 Å². The Morgan fingerprint density at radius 1 is 0.758 bits per heavy atom. The number of anilines is 3. The van der Waals surface area contributed by atoms with Crippen LogP contribution < -0.4 is 15.5 Å². The Morgan fingerprint density at radius 2 is 1.36 bits per heavy atom. The number of amides is 3. The third kappa shape index (κ3) is 4.41. The number of imide groups is 1. The monoisotopic (exact) mass is 439 g/mol. The summed E-state index contributed by atoms with van der Waals surface area (Å²) in [5, 5.41) is 5.89. The number of benzene rings is 3. The lowest BCUT2D eigenvalue weighted by Gasteiger charge is -2.18. The highest BCUT2D eigenvalue weighted by atomic mass is 16.2. The molecule has 6 heteroatoms. The number of hydrogen-bond acceptors (Lipinski definition) is 4. The summed E-state index contributed by atoms with van der Waals surface area (Å²) in [6, 6.07) is 20.2. The molecule has 3 aromatic carbocycles. The van der Waals surface area contributed by atoms with Crippen molar-refractivity contribution in [2.75, 3.05) is 15.5 Å². The molecule has 0 spiro atoms. The fourth-order valence-corrected chi connectivity index (χ4v) is 3.80. The molecular weight excluding hydrogens is 414 g/mol. The first-order valence-corrected chi connectivity index (χ1v) is 10.7. The van der Waals surface area contributed by atoms with Gasteiger partial charge in [-0.25, -0.2) is 4.90 Å². The SMILES string of the molecule is CC(=O)Nc1ccc(C2=C(Nc3ccc(C)cc3)C(=O)N(c3cc(C)ccc3C)C2=O)cc1. The van der Waals surface area contributed by atoms with Crippen LogP contribution in [0.4, 0.5) is 17.1 Å². The molecule has 0 bridgehead atoms. The van der Waals surface area contributed by atoms with Gasteiger partial charge in [0.2, 0.25) is 5.91 Å². The average Bonchev–Trinajstić information content (AvgIpc) is 3.01. The van der Waals surface area contributed by atoms with Gasteiger partial charge in [-0.1, -0.05) is 42.0 Å². The van der Waals surface area contributed by atoms with Gasteiger partial charge in [0.15, 0.2) is 0 Å². The molecule has 0 fully saturated rings. The summed E-state index contributed by atoms with van der Waals surface area (Å²) in [5.41, 5.74) is 5.87. The third-order valence-corrected chi connectivity index (χ3v) is 5.50. The molecule has 0 saturated heterocycles. The summed E-state index contributed by atoms with van der Waals surface area (Å²) in [7, 11) is 0. The maximum Gasteiger partial charge on any atom is 0.282 e. The second-order valence-corrected chi connectivity index (χ2v) is 8.24. The topological polar surface area (TPSA) is 78.5 Å². The van der Waals surface area contributed by atoms with Crippen LogP contribution in [0.1, 0.15) is 29.2 Å². The molecule has 3 aromatic rings. The first kappa shape index (κ1) is 22.0. The molecule has 3 amide bonds. The molecule has 0 unspecified atom stereocenters. The first-order chi connectivity index (χ1) is 15.7. The molecule has 166 valence electrons. The van der Waals surface area contributed by atoms with Gasteiger partial charge in [0.25, 0.3) is 11.8 Å². The number of hydrogen-bond donors (Lipinski definition) is 2. The minimum atomic E-state index is -0.407. The fourth-order valence-electron chi connectivity index (χ4n) is 3.80. The van der Waals surface area contributed by atoms with Gasteiger partial charge >= 0.3 is 0 Å². The highest BCUT2D eigenvalue weighted by molar-refractivity contribution is 6.46. The summed E-state index contributed by atoms with van der Waals surface area (Å²) in [4.78, 5) is 39.8. The van der Waals surface area contributed by atoms with E-state index >= 15 is 0 Å². The van der Waals surface area contributed by atoms with Gasteiger partial charge in [0, 0.05) is 18.3 Å². The van der Waals surface area contributed by atoms with E-state index in [-0.39, 0.29) is 17.2 Å². The van der Waals surface area contributed by atoms with Crippen molar-refractivity contribution in [1.82, 2.24) is 0 Å². The molecule has 2 N–H and O–H groups in total. The van der Waals surface area contributed by atoms with Crippen LogP contribution in [-0.4, -0.2) is 17.7 Å². The number of aryl methyl sites for hydroxylation is 3. The van der Waals surface area contributed by atoms with E-state index in [1.807, 2.05) is 63.2 Å². The van der Waals surface area contributed by atoms with Crippen LogP contribution in [0, 0.1) is 20.8 Å². The predicted molar refractivity (Wildman–Crippen MR) is 131 cm³/mol. The molecule has 1 heterocycles. The summed E-state index contributed by atoms with van der Waals surface area (Å²) in [6.07, 6.45) is 0. The maximum atomic E-state index is 13.6. The van der Waals surface area contributed by atoms with E-state index in [0.29, 0.717) is 22.6 Å². The van der Waals surface area contributed by atoms with E-state index in [1.165, 1.54) is 11.8 Å². The van der Waals surface area contributed by atoms with Gasteiger partial charge in [-0.3, -0.25) is 14.4 Å². The van der Waals surface area contributed by atoms with Crippen LogP contribution in [0.3, 0.4) is 0 Å². The van der Waals surface area contributed by atoms with Crippen LogP contribution in [-0.2, 0) is 14.4 Å². The smallest absolute Gasteiger partial charge is 0.282 e. The predicted octanol–water partition coefficient (Wildman–Crippen LogP) is 4.97. The molecule has 0 atom stereocenters. The first-order valence-electron chi connectivity index (χ1n) is 10.7. The Kier molecular flexibility index (Phi) is 5.84. The molecule has 0 aliphatic carbocycles. The molecule has 1 aliphatic heterocycles. The zero-order valence-electron chi connectivity index (χ0n) is 19.0. The van der Waals surface area contributed by atoms with Crippen molar-refractivity contribution in [2.45, 2.75) is 27.7 Å².